The zero-order valence-corrected chi connectivity index (χ0v) is 19.6. The molecule has 1 amide bonds. The molecule has 0 fully saturated rings. The van der Waals surface area contributed by atoms with Gasteiger partial charge in [0, 0.05) is 17.8 Å². The number of methoxy groups -OCH3 is 4. The minimum Gasteiger partial charge on any atom is -0.497 e. The van der Waals surface area contributed by atoms with Crippen LogP contribution in [0.15, 0.2) is 47.5 Å². The predicted octanol–water partition coefficient (Wildman–Crippen LogP) is 1.71. The molecule has 0 atom stereocenters. The molecule has 0 aliphatic heterocycles. The van der Waals surface area contributed by atoms with Crippen LogP contribution in [0.3, 0.4) is 0 Å². The van der Waals surface area contributed by atoms with Gasteiger partial charge >= 0.3 is 0 Å². The quantitative estimate of drug-likeness (QED) is 0.380. The molecule has 0 spiro atoms. The number of rotatable bonds is 9. The summed E-state index contributed by atoms with van der Waals surface area (Å²) in [4.78, 5) is 29.9. The lowest BCUT2D eigenvalue weighted by Gasteiger charge is -2.14. The third kappa shape index (κ3) is 4.86. The van der Waals surface area contributed by atoms with Crippen molar-refractivity contribution in [1.29, 1.82) is 0 Å². The summed E-state index contributed by atoms with van der Waals surface area (Å²) in [5.41, 5.74) is 1.23. The summed E-state index contributed by atoms with van der Waals surface area (Å²) in [5.74, 6) is 1.42. The van der Waals surface area contributed by atoms with Crippen molar-refractivity contribution in [3.63, 3.8) is 0 Å². The zero-order chi connectivity index (χ0) is 24.9. The Morgan fingerprint density at radius 3 is 2.40 bits per heavy atom. The van der Waals surface area contributed by atoms with E-state index >= 15 is 0 Å². The first-order chi connectivity index (χ1) is 17.0. The number of nitrogens with zero attached hydrogens (tertiary/aromatic N) is 5. The van der Waals surface area contributed by atoms with Crippen LogP contribution < -0.4 is 29.8 Å². The van der Waals surface area contributed by atoms with Gasteiger partial charge in [0.2, 0.25) is 11.7 Å². The second-order valence-corrected chi connectivity index (χ2v) is 7.41. The van der Waals surface area contributed by atoms with Crippen LogP contribution in [0.4, 0.5) is 5.69 Å². The molecule has 4 rings (SSSR count). The largest absolute Gasteiger partial charge is 0.497 e. The number of hydrogen-bond donors (Lipinski definition) is 1. The number of benzene rings is 2. The first-order valence-electron chi connectivity index (χ1n) is 10.5. The maximum absolute atomic E-state index is 12.9. The smallest absolute Gasteiger partial charge is 0.283 e. The van der Waals surface area contributed by atoms with E-state index in [1.807, 2.05) is 24.3 Å². The summed E-state index contributed by atoms with van der Waals surface area (Å²) < 4.78 is 23.8. The van der Waals surface area contributed by atoms with Crippen molar-refractivity contribution < 1.29 is 23.7 Å². The number of amides is 1. The van der Waals surface area contributed by atoms with Crippen LogP contribution in [0, 0.1) is 0 Å². The fraction of sp³-hybridized carbons (Fsp3) is 0.261. The summed E-state index contributed by atoms with van der Waals surface area (Å²) in [6.45, 7) is 0.0763. The third-order valence-electron chi connectivity index (χ3n) is 5.22. The highest BCUT2D eigenvalue weighted by Gasteiger charge is 2.17. The van der Waals surface area contributed by atoms with Crippen molar-refractivity contribution in [2.45, 2.75) is 13.1 Å². The topological polar surface area (TPSA) is 132 Å². The van der Waals surface area contributed by atoms with Gasteiger partial charge in [-0.05, 0) is 17.7 Å². The summed E-state index contributed by atoms with van der Waals surface area (Å²) >= 11 is 0. The Bertz CT molecular complexity index is 1400. The standard InChI is InChI=1S/C23H24N6O6/c1-32-16-7-5-6-14(8-16)11-29-22-20(26-27-29)23(31)28(13-24-22)12-19(30)25-15-9-17(33-2)21(35-4)18(10-15)34-3/h5-10,13H,11-12H2,1-4H3,(H,25,30). The molecule has 2 aromatic heterocycles. The van der Waals surface area contributed by atoms with Crippen LogP contribution in [0.25, 0.3) is 11.2 Å². The van der Waals surface area contributed by atoms with Crippen molar-refractivity contribution in [2.75, 3.05) is 33.8 Å². The van der Waals surface area contributed by atoms with Gasteiger partial charge in [0.25, 0.3) is 5.56 Å². The Morgan fingerprint density at radius 2 is 1.74 bits per heavy atom. The highest BCUT2D eigenvalue weighted by Crippen LogP contribution is 2.39. The first kappa shape index (κ1) is 23.5. The van der Waals surface area contributed by atoms with E-state index < -0.39 is 11.5 Å². The van der Waals surface area contributed by atoms with Crippen molar-refractivity contribution in [3.8, 4) is 23.0 Å². The van der Waals surface area contributed by atoms with E-state index in [-0.39, 0.29) is 12.1 Å². The fourth-order valence-electron chi connectivity index (χ4n) is 3.56. The van der Waals surface area contributed by atoms with E-state index in [2.05, 4.69) is 20.6 Å². The van der Waals surface area contributed by atoms with E-state index in [0.29, 0.717) is 40.9 Å². The van der Waals surface area contributed by atoms with Gasteiger partial charge in [0.05, 0.1) is 35.0 Å². The number of carbonyl (C=O) groups excluding carboxylic acids is 1. The van der Waals surface area contributed by atoms with Crippen molar-refractivity contribution in [3.05, 3.63) is 58.6 Å². The lowest BCUT2D eigenvalue weighted by Crippen LogP contribution is -2.28. The molecule has 0 aliphatic carbocycles. The molecule has 0 saturated heterocycles. The second-order valence-electron chi connectivity index (χ2n) is 7.41. The zero-order valence-electron chi connectivity index (χ0n) is 19.6. The molecule has 12 nitrogen and oxygen atoms in total. The van der Waals surface area contributed by atoms with Crippen molar-refractivity contribution in [1.82, 2.24) is 24.5 Å². The van der Waals surface area contributed by atoms with Gasteiger partial charge in [0.1, 0.15) is 18.6 Å². The Hall–Kier alpha value is -4.61. The number of hydrogen-bond acceptors (Lipinski definition) is 9. The molecule has 1 N–H and O–H groups in total. The normalized spacial score (nSPS) is 10.7. The van der Waals surface area contributed by atoms with Crippen LogP contribution >= 0.6 is 0 Å². The van der Waals surface area contributed by atoms with Gasteiger partial charge in [-0.15, -0.1) is 5.10 Å². The molecular formula is C23H24N6O6. The minimum atomic E-state index is -0.480. The molecule has 0 radical (unpaired) electrons. The molecule has 2 heterocycles. The van der Waals surface area contributed by atoms with Crippen LogP contribution in [0.5, 0.6) is 23.0 Å². The summed E-state index contributed by atoms with van der Waals surface area (Å²) in [5, 5.41) is 10.8. The predicted molar refractivity (Wildman–Crippen MR) is 126 cm³/mol. The van der Waals surface area contributed by atoms with Gasteiger partial charge < -0.3 is 24.3 Å². The highest BCUT2D eigenvalue weighted by molar-refractivity contribution is 5.91. The maximum Gasteiger partial charge on any atom is 0.283 e. The molecule has 0 saturated carbocycles. The van der Waals surface area contributed by atoms with E-state index in [9.17, 15) is 9.59 Å². The highest BCUT2D eigenvalue weighted by atomic mass is 16.5. The molecule has 12 heteroatoms. The van der Waals surface area contributed by atoms with Gasteiger partial charge in [-0.25, -0.2) is 9.67 Å². The van der Waals surface area contributed by atoms with Crippen LogP contribution in [0.1, 0.15) is 5.56 Å². The molecule has 35 heavy (non-hydrogen) atoms. The van der Waals surface area contributed by atoms with Gasteiger partial charge in [0.15, 0.2) is 22.7 Å². The second kappa shape index (κ2) is 10.1. The van der Waals surface area contributed by atoms with E-state index in [1.54, 1.807) is 19.2 Å². The lowest BCUT2D eigenvalue weighted by molar-refractivity contribution is -0.116. The molecule has 0 unspecified atom stereocenters. The summed E-state index contributed by atoms with van der Waals surface area (Å²) in [6.07, 6.45) is 1.30. The lowest BCUT2D eigenvalue weighted by atomic mass is 10.2. The molecule has 182 valence electrons. The van der Waals surface area contributed by atoms with E-state index in [1.165, 1.54) is 36.9 Å². The Labute approximate surface area is 200 Å². The average molecular weight is 480 g/mol. The number of aromatic nitrogens is 5. The number of fused-ring (bicyclic) bond motifs is 1. The molecule has 0 bridgehead atoms. The van der Waals surface area contributed by atoms with Crippen molar-refractivity contribution in [2.24, 2.45) is 0 Å². The monoisotopic (exact) mass is 480 g/mol. The summed E-state index contributed by atoms with van der Waals surface area (Å²) in [6, 6.07) is 10.7. The van der Waals surface area contributed by atoms with Gasteiger partial charge in [-0.1, -0.05) is 17.3 Å². The third-order valence-corrected chi connectivity index (χ3v) is 5.22. The number of anilines is 1. The number of ether oxygens (including phenoxy) is 4. The van der Waals surface area contributed by atoms with E-state index in [0.717, 1.165) is 5.56 Å². The summed E-state index contributed by atoms with van der Waals surface area (Å²) in [7, 11) is 6.03. The number of carbonyl (C=O) groups is 1. The molecular weight excluding hydrogens is 456 g/mol. The SMILES string of the molecule is COc1cccc(Cn2nnc3c(=O)n(CC(=O)Nc4cc(OC)c(OC)c(OC)c4)cnc32)c1. The van der Waals surface area contributed by atoms with Crippen molar-refractivity contribution >= 4 is 22.8 Å². The van der Waals surface area contributed by atoms with Gasteiger partial charge in [-0.2, -0.15) is 0 Å². The number of nitrogens with one attached hydrogen (secondary N) is 1. The van der Waals surface area contributed by atoms with Crippen LogP contribution in [-0.4, -0.2) is 58.9 Å². The first-order valence-corrected chi connectivity index (χ1v) is 10.5. The van der Waals surface area contributed by atoms with Gasteiger partial charge in [-0.3, -0.25) is 14.2 Å². The Kier molecular flexibility index (Phi) is 6.81. The average Bonchev–Trinajstić information content (AvgIpc) is 3.28. The van der Waals surface area contributed by atoms with E-state index in [4.69, 9.17) is 18.9 Å². The van der Waals surface area contributed by atoms with Crippen LogP contribution in [-0.2, 0) is 17.9 Å². The molecule has 4 aromatic rings. The minimum absolute atomic E-state index is 0.0657. The Morgan fingerprint density at radius 1 is 1.00 bits per heavy atom. The fourth-order valence-corrected chi connectivity index (χ4v) is 3.56. The molecule has 0 aliphatic rings. The Balaban J connectivity index is 1.53. The van der Waals surface area contributed by atoms with Crippen LogP contribution in [0.2, 0.25) is 0 Å². The maximum atomic E-state index is 12.9. The molecule has 2 aromatic carbocycles.